The molecule has 0 spiro atoms. The van der Waals surface area contributed by atoms with E-state index in [1.807, 2.05) is 0 Å². The van der Waals surface area contributed by atoms with Crippen molar-refractivity contribution in [3.63, 3.8) is 0 Å². The molecule has 3 rings (SSSR count). The van der Waals surface area contributed by atoms with Gasteiger partial charge in [-0.05, 0) is 93.9 Å². The summed E-state index contributed by atoms with van der Waals surface area (Å²) >= 11 is 16.1. The van der Waals surface area contributed by atoms with Crippen LogP contribution in [0.2, 0.25) is 0 Å². The van der Waals surface area contributed by atoms with Gasteiger partial charge in [0.1, 0.15) is 0 Å². The van der Waals surface area contributed by atoms with Gasteiger partial charge in [-0.25, -0.2) is 0 Å². The third-order valence-corrected chi connectivity index (χ3v) is 9.64. The summed E-state index contributed by atoms with van der Waals surface area (Å²) < 4.78 is 2.42. The fraction of sp³-hybridized carbons (Fsp3) is 0.818. The van der Waals surface area contributed by atoms with Crippen LogP contribution >= 0.6 is 34.3 Å². The van der Waals surface area contributed by atoms with Crippen LogP contribution in [0.25, 0.3) is 0 Å². The Morgan fingerprint density at radius 2 is 0.931 bits per heavy atom. The molecular formula is C22H38B2Cl2N2S. The Balaban J connectivity index is 1.88. The van der Waals surface area contributed by atoms with E-state index in [9.17, 15) is 0 Å². The summed E-state index contributed by atoms with van der Waals surface area (Å²) in [7, 11) is 0. The second-order valence-electron chi connectivity index (χ2n) is 11.6. The summed E-state index contributed by atoms with van der Waals surface area (Å²) in [6.07, 6.45) is 7.03. The third-order valence-electron chi connectivity index (χ3n) is 7.33. The van der Waals surface area contributed by atoms with Crippen LogP contribution in [0.1, 0.15) is 93.9 Å². The van der Waals surface area contributed by atoms with Crippen molar-refractivity contribution in [2.75, 3.05) is 0 Å². The van der Waals surface area contributed by atoms with Gasteiger partial charge in [0.25, 0.3) is 0 Å². The van der Waals surface area contributed by atoms with E-state index in [1.165, 1.54) is 48.1 Å². The molecule has 2 nitrogen and oxygen atoms in total. The van der Waals surface area contributed by atoms with Gasteiger partial charge in [-0.3, -0.25) is 0 Å². The van der Waals surface area contributed by atoms with Crippen LogP contribution in [0.15, 0.2) is 12.1 Å². The molecule has 2 aliphatic rings. The summed E-state index contributed by atoms with van der Waals surface area (Å²) in [6, 6.07) is 4.41. The van der Waals surface area contributed by atoms with Crippen LogP contribution in [0, 0.1) is 0 Å². The Bertz CT molecular complexity index is 642. The molecule has 2 saturated heterocycles. The Labute approximate surface area is 193 Å². The molecule has 2 aliphatic heterocycles. The molecule has 0 unspecified atom stereocenters. The predicted octanol–water partition coefficient (Wildman–Crippen LogP) is 5.70. The largest absolute Gasteiger partial charge is 0.375 e. The molecule has 0 amide bonds. The minimum absolute atomic E-state index is 0.0928. The molecule has 0 radical (unpaired) electrons. The summed E-state index contributed by atoms with van der Waals surface area (Å²) in [5, 5.41) is 0. The van der Waals surface area contributed by atoms with Crippen molar-refractivity contribution < 1.29 is 0 Å². The highest BCUT2D eigenvalue weighted by Crippen LogP contribution is 2.41. The third kappa shape index (κ3) is 4.60. The minimum Gasteiger partial charge on any atom is -0.314 e. The maximum atomic E-state index is 7.15. The van der Waals surface area contributed by atoms with Crippen molar-refractivity contribution in [2.45, 2.75) is 116 Å². The SMILES string of the molecule is CC1(C)CCCC(C)(C)N1B(Cl)c1ccc(B(Cl)N2C(C)(C)CCCC2(C)C)s1. The van der Waals surface area contributed by atoms with Gasteiger partial charge in [0.05, 0.1) is 0 Å². The topological polar surface area (TPSA) is 6.48 Å². The molecule has 0 saturated carbocycles. The molecule has 7 heteroatoms. The van der Waals surface area contributed by atoms with Crippen LogP contribution < -0.4 is 9.55 Å². The number of piperidine rings is 2. The first kappa shape index (κ1) is 24.0. The van der Waals surface area contributed by atoms with Crippen LogP contribution in [0.5, 0.6) is 0 Å². The number of hydrogen-bond donors (Lipinski definition) is 0. The summed E-state index contributed by atoms with van der Waals surface area (Å²) in [5.41, 5.74) is 0.371. The first-order valence-corrected chi connectivity index (χ1v) is 12.8. The lowest BCUT2D eigenvalue weighted by molar-refractivity contribution is 0.0530. The van der Waals surface area contributed by atoms with Crippen LogP contribution in [0.3, 0.4) is 0 Å². The summed E-state index contributed by atoms with van der Waals surface area (Å²) in [5.74, 6) is 0. The van der Waals surface area contributed by atoms with Crippen molar-refractivity contribution in [3.05, 3.63) is 12.1 Å². The molecule has 3 heterocycles. The lowest BCUT2D eigenvalue weighted by atomic mass is 9.68. The van der Waals surface area contributed by atoms with Gasteiger partial charge in [-0.1, -0.05) is 12.1 Å². The van der Waals surface area contributed by atoms with Gasteiger partial charge >= 0.3 is 12.5 Å². The highest BCUT2D eigenvalue weighted by Gasteiger charge is 2.49. The fourth-order valence-electron chi connectivity index (χ4n) is 6.13. The van der Waals surface area contributed by atoms with Crippen molar-refractivity contribution in [1.29, 1.82) is 0 Å². The Morgan fingerprint density at radius 3 is 1.21 bits per heavy atom. The van der Waals surface area contributed by atoms with Crippen molar-refractivity contribution in [3.8, 4) is 0 Å². The van der Waals surface area contributed by atoms with Gasteiger partial charge in [0.2, 0.25) is 0 Å². The van der Waals surface area contributed by atoms with E-state index < -0.39 is 0 Å². The van der Waals surface area contributed by atoms with Crippen LogP contribution in [0.4, 0.5) is 0 Å². The van der Waals surface area contributed by atoms with Crippen molar-refractivity contribution in [2.24, 2.45) is 0 Å². The monoisotopic (exact) mass is 454 g/mol. The number of hydrogen-bond acceptors (Lipinski definition) is 3. The fourth-order valence-corrected chi connectivity index (χ4v) is 8.55. The molecule has 29 heavy (non-hydrogen) atoms. The van der Waals surface area contributed by atoms with E-state index in [0.717, 1.165) is 0 Å². The van der Waals surface area contributed by atoms with Crippen LogP contribution in [-0.2, 0) is 0 Å². The Morgan fingerprint density at radius 1 is 0.655 bits per heavy atom. The molecule has 1 aromatic heterocycles. The molecule has 0 atom stereocenters. The molecular weight excluding hydrogens is 417 g/mol. The van der Waals surface area contributed by atoms with E-state index in [4.69, 9.17) is 22.9 Å². The molecule has 0 N–H and O–H groups in total. The first-order valence-electron chi connectivity index (χ1n) is 11.2. The highest BCUT2D eigenvalue weighted by molar-refractivity contribution is 7.40. The van der Waals surface area contributed by atoms with Crippen molar-refractivity contribution >= 4 is 56.3 Å². The number of rotatable bonds is 4. The normalized spacial score (nSPS) is 26.3. The second kappa shape index (κ2) is 8.03. The zero-order chi connectivity index (χ0) is 21.8. The first-order chi connectivity index (χ1) is 13.2. The van der Waals surface area contributed by atoms with Gasteiger partial charge in [-0.15, -0.1) is 0 Å². The Hall–Kier alpha value is 0.330. The van der Waals surface area contributed by atoms with Gasteiger partial charge in [0, 0.05) is 31.7 Å². The predicted molar refractivity (Wildman–Crippen MR) is 134 cm³/mol. The maximum absolute atomic E-state index is 7.15. The minimum atomic E-state index is -0.120. The lowest BCUT2D eigenvalue weighted by Gasteiger charge is -2.54. The average molecular weight is 455 g/mol. The lowest BCUT2D eigenvalue weighted by Crippen LogP contribution is -2.66. The quantitative estimate of drug-likeness (QED) is 0.538. The zero-order valence-electron chi connectivity index (χ0n) is 19.6. The van der Waals surface area contributed by atoms with E-state index in [1.54, 1.807) is 11.3 Å². The second-order valence-corrected chi connectivity index (χ2v) is 13.6. The van der Waals surface area contributed by atoms with Crippen molar-refractivity contribution in [1.82, 2.24) is 9.62 Å². The van der Waals surface area contributed by atoms with E-state index in [0.29, 0.717) is 0 Å². The number of halogens is 2. The summed E-state index contributed by atoms with van der Waals surface area (Å²) in [4.78, 5) is 5.05. The van der Waals surface area contributed by atoms with Crippen LogP contribution in [-0.4, -0.2) is 44.3 Å². The van der Waals surface area contributed by atoms with Gasteiger partial charge in [0.15, 0.2) is 0 Å². The molecule has 1 aromatic rings. The van der Waals surface area contributed by atoms with Gasteiger partial charge in [-0.2, -0.15) is 34.3 Å². The Kier molecular flexibility index (Phi) is 6.64. The molecule has 0 aromatic carbocycles. The standard InChI is InChI=1S/C22H38B2Cl2N2S/c1-19(2)13-9-14-20(3,4)27(19)23(25)17-11-12-18(29-17)24(26)28-21(5,6)15-10-16-22(28,7)8/h11-12H,9-10,13-16H2,1-8H3. The number of nitrogens with zero attached hydrogens (tertiary/aromatic N) is 2. The molecule has 0 bridgehead atoms. The molecule has 162 valence electrons. The van der Waals surface area contributed by atoms with E-state index >= 15 is 0 Å². The smallest absolute Gasteiger partial charge is 0.314 e. The average Bonchev–Trinajstić information content (AvgIpc) is 3.01. The molecule has 0 aliphatic carbocycles. The summed E-state index contributed by atoms with van der Waals surface area (Å²) in [6.45, 7) is 18.7. The zero-order valence-corrected chi connectivity index (χ0v) is 21.9. The number of thiophene rings is 1. The van der Waals surface area contributed by atoms with E-state index in [2.05, 4.69) is 77.1 Å². The highest BCUT2D eigenvalue weighted by atomic mass is 35.5. The maximum Gasteiger partial charge on any atom is 0.375 e. The molecule has 2 fully saturated rings. The van der Waals surface area contributed by atoms with Gasteiger partial charge < -0.3 is 9.62 Å². The van der Waals surface area contributed by atoms with E-state index in [-0.39, 0.29) is 34.7 Å².